The van der Waals surface area contributed by atoms with Crippen LogP contribution in [0.5, 0.6) is 0 Å². The van der Waals surface area contributed by atoms with Gasteiger partial charge in [-0.05, 0) is 42.8 Å². The van der Waals surface area contributed by atoms with Crippen LogP contribution in [0.1, 0.15) is 54.2 Å². The normalized spacial score (nSPS) is 26.7. The first-order valence-corrected chi connectivity index (χ1v) is 12.4. The van der Waals surface area contributed by atoms with Gasteiger partial charge in [-0.15, -0.1) is 5.10 Å². The highest BCUT2D eigenvalue weighted by molar-refractivity contribution is 7.80. The molecular weight excluding hydrogens is 454 g/mol. The van der Waals surface area contributed by atoms with Gasteiger partial charge in [-0.2, -0.15) is 0 Å². The largest absolute Gasteiger partial charge is 0.465 e. The molecule has 1 saturated carbocycles. The van der Waals surface area contributed by atoms with Gasteiger partial charge in [0.15, 0.2) is 5.11 Å². The summed E-state index contributed by atoms with van der Waals surface area (Å²) < 4.78 is 18.9. The molecule has 34 heavy (non-hydrogen) atoms. The second kappa shape index (κ2) is 10.4. The van der Waals surface area contributed by atoms with Gasteiger partial charge in [0, 0.05) is 11.9 Å². The Morgan fingerprint density at radius 3 is 2.85 bits per heavy atom. The van der Waals surface area contributed by atoms with Crippen molar-refractivity contribution in [1.29, 1.82) is 0 Å². The van der Waals surface area contributed by atoms with Gasteiger partial charge in [0.2, 0.25) is 0 Å². The predicted octanol–water partition coefficient (Wildman–Crippen LogP) is 2.88. The highest BCUT2D eigenvalue weighted by Gasteiger charge is 2.49. The molecule has 0 spiro atoms. The molecule has 1 aromatic carbocycles. The van der Waals surface area contributed by atoms with Crippen molar-refractivity contribution in [3.63, 3.8) is 0 Å². The summed E-state index contributed by atoms with van der Waals surface area (Å²) in [7, 11) is 1.36. The lowest BCUT2D eigenvalue weighted by Crippen LogP contribution is -2.45. The third-order valence-electron chi connectivity index (χ3n) is 7.01. The Kier molecular flexibility index (Phi) is 7.07. The van der Waals surface area contributed by atoms with Crippen molar-refractivity contribution in [3.05, 3.63) is 41.7 Å². The number of hydrogen-bond acceptors (Lipinski definition) is 7. The zero-order valence-electron chi connectivity index (χ0n) is 19.3. The number of rotatable bonds is 6. The van der Waals surface area contributed by atoms with Gasteiger partial charge in [0.1, 0.15) is 18.2 Å². The van der Waals surface area contributed by atoms with E-state index in [0.717, 1.165) is 18.0 Å². The van der Waals surface area contributed by atoms with E-state index < -0.39 is 5.97 Å². The van der Waals surface area contributed by atoms with Crippen LogP contribution in [-0.4, -0.2) is 64.6 Å². The fourth-order valence-corrected chi connectivity index (χ4v) is 5.53. The van der Waals surface area contributed by atoms with E-state index in [1.54, 1.807) is 18.2 Å². The standard InChI is InChI=1S/C24H31N5O4S/c1-31-23(30)16-8-5-9-17(11-16)25-24(34)26-19-13-32-22-20(14-33-21(19)22)29-12-18(27-28-29)10-15-6-3-2-4-7-15/h5,8-9,11-12,15,19-22H,2-4,6-7,10,13-14H2,1H3,(H2,25,26,34)/t19-,20-,21+,22+/m0/s1. The molecule has 182 valence electrons. The van der Waals surface area contributed by atoms with Crippen LogP contribution in [0.3, 0.4) is 0 Å². The molecular formula is C24H31N5O4S. The molecule has 4 atom stereocenters. The molecule has 0 bridgehead atoms. The van der Waals surface area contributed by atoms with Crippen LogP contribution < -0.4 is 10.6 Å². The van der Waals surface area contributed by atoms with Gasteiger partial charge in [-0.1, -0.05) is 43.4 Å². The topological polar surface area (TPSA) is 99.5 Å². The van der Waals surface area contributed by atoms with E-state index >= 15 is 0 Å². The van der Waals surface area contributed by atoms with E-state index in [-0.39, 0.29) is 24.3 Å². The van der Waals surface area contributed by atoms with Crippen molar-refractivity contribution >= 4 is 29.0 Å². The number of nitrogens with one attached hydrogen (secondary N) is 2. The van der Waals surface area contributed by atoms with Crippen LogP contribution in [-0.2, 0) is 20.6 Å². The number of anilines is 1. The van der Waals surface area contributed by atoms with Crippen LogP contribution >= 0.6 is 12.2 Å². The molecule has 0 amide bonds. The zero-order chi connectivity index (χ0) is 23.5. The summed E-state index contributed by atoms with van der Waals surface area (Å²) in [6, 6.07) is 6.93. The second-order valence-corrected chi connectivity index (χ2v) is 9.75. The van der Waals surface area contributed by atoms with Gasteiger partial charge < -0.3 is 24.8 Å². The van der Waals surface area contributed by atoms with E-state index in [1.165, 1.54) is 39.2 Å². The fraction of sp³-hybridized carbons (Fsp3) is 0.583. The zero-order valence-corrected chi connectivity index (χ0v) is 20.1. The lowest BCUT2D eigenvalue weighted by atomic mass is 9.86. The minimum Gasteiger partial charge on any atom is -0.465 e. The van der Waals surface area contributed by atoms with Crippen LogP contribution in [0.2, 0.25) is 0 Å². The van der Waals surface area contributed by atoms with Crippen molar-refractivity contribution in [2.45, 2.75) is 62.8 Å². The molecule has 2 aromatic rings. The van der Waals surface area contributed by atoms with Gasteiger partial charge in [0.25, 0.3) is 0 Å². The number of carbonyl (C=O) groups is 1. The molecule has 2 saturated heterocycles. The number of nitrogens with zero attached hydrogens (tertiary/aromatic N) is 3. The Bertz CT molecular complexity index is 1020. The monoisotopic (exact) mass is 485 g/mol. The Morgan fingerprint density at radius 1 is 1.21 bits per heavy atom. The summed E-state index contributed by atoms with van der Waals surface area (Å²) >= 11 is 5.50. The summed E-state index contributed by atoms with van der Waals surface area (Å²) in [5.74, 6) is 0.333. The van der Waals surface area contributed by atoms with Gasteiger partial charge in [-0.25, -0.2) is 9.48 Å². The quantitative estimate of drug-likeness (QED) is 0.473. The predicted molar refractivity (Wildman–Crippen MR) is 130 cm³/mol. The lowest BCUT2D eigenvalue weighted by Gasteiger charge is -2.20. The Balaban J connectivity index is 1.16. The van der Waals surface area contributed by atoms with Crippen LogP contribution in [0.15, 0.2) is 30.5 Å². The molecule has 1 aliphatic carbocycles. The number of aromatic nitrogens is 3. The third-order valence-corrected chi connectivity index (χ3v) is 7.23. The van der Waals surface area contributed by atoms with E-state index in [9.17, 15) is 4.79 Å². The molecule has 1 aromatic heterocycles. The highest BCUT2D eigenvalue weighted by Crippen LogP contribution is 2.34. The van der Waals surface area contributed by atoms with E-state index in [1.807, 2.05) is 10.7 Å². The molecule has 0 radical (unpaired) electrons. The number of fused-ring (bicyclic) bond motifs is 1. The molecule has 0 unspecified atom stereocenters. The van der Waals surface area contributed by atoms with Crippen molar-refractivity contribution in [1.82, 2.24) is 20.3 Å². The van der Waals surface area contributed by atoms with Crippen LogP contribution in [0.4, 0.5) is 5.69 Å². The Labute approximate surface area is 204 Å². The van der Waals surface area contributed by atoms with Gasteiger partial charge >= 0.3 is 5.97 Å². The number of carbonyl (C=O) groups excluding carboxylic acids is 1. The summed E-state index contributed by atoms with van der Waals surface area (Å²) in [4.78, 5) is 11.8. The number of thiocarbonyl (C=S) groups is 1. The smallest absolute Gasteiger partial charge is 0.337 e. The lowest BCUT2D eigenvalue weighted by molar-refractivity contribution is 0.0600. The van der Waals surface area contributed by atoms with Crippen molar-refractivity contribution in [2.75, 3.05) is 25.6 Å². The second-order valence-electron chi connectivity index (χ2n) is 9.34. The maximum atomic E-state index is 11.8. The van der Waals surface area contributed by atoms with Crippen LogP contribution in [0, 0.1) is 5.92 Å². The van der Waals surface area contributed by atoms with E-state index in [4.69, 9.17) is 26.4 Å². The molecule has 10 heteroatoms. The van der Waals surface area contributed by atoms with Crippen molar-refractivity contribution in [3.8, 4) is 0 Å². The van der Waals surface area contributed by atoms with E-state index in [2.05, 4.69) is 27.1 Å². The minimum atomic E-state index is -0.394. The molecule has 3 fully saturated rings. The molecule has 3 aliphatic rings. The third kappa shape index (κ3) is 5.08. The number of esters is 1. The maximum Gasteiger partial charge on any atom is 0.337 e. The first-order valence-electron chi connectivity index (χ1n) is 12.0. The molecule has 5 rings (SSSR count). The summed E-state index contributed by atoms with van der Waals surface area (Å²) in [5, 5.41) is 15.7. The number of benzene rings is 1. The first-order chi connectivity index (χ1) is 16.6. The molecule has 2 aliphatic heterocycles. The molecule has 3 heterocycles. The first kappa shape index (κ1) is 23.2. The average molecular weight is 486 g/mol. The Hall–Kier alpha value is -2.56. The fourth-order valence-electron chi connectivity index (χ4n) is 5.26. The van der Waals surface area contributed by atoms with Crippen molar-refractivity contribution in [2.24, 2.45) is 5.92 Å². The summed E-state index contributed by atoms with van der Waals surface area (Å²) in [6.45, 7) is 1.01. The molecule has 2 N–H and O–H groups in total. The number of methoxy groups -OCH3 is 1. The molecule has 9 nitrogen and oxygen atoms in total. The summed E-state index contributed by atoms with van der Waals surface area (Å²) in [5.41, 5.74) is 2.22. The highest BCUT2D eigenvalue weighted by atomic mass is 32.1. The Morgan fingerprint density at radius 2 is 2.03 bits per heavy atom. The summed E-state index contributed by atoms with van der Waals surface area (Å²) in [6.07, 6.45) is 9.44. The minimum absolute atomic E-state index is 0.00248. The number of ether oxygens (including phenoxy) is 3. The van der Waals surface area contributed by atoms with E-state index in [0.29, 0.717) is 29.6 Å². The SMILES string of the molecule is COC(=O)c1cccc(NC(=S)N[C@H]2CO[C@H]3[C@@H]2OC[C@@H]3n2cc(CC3CCCCC3)nn2)c1. The number of hydrogen-bond donors (Lipinski definition) is 2. The van der Waals surface area contributed by atoms with Gasteiger partial charge in [-0.3, -0.25) is 0 Å². The van der Waals surface area contributed by atoms with Gasteiger partial charge in [0.05, 0.1) is 37.6 Å². The maximum absolute atomic E-state index is 11.8. The van der Waals surface area contributed by atoms with Crippen LogP contribution in [0.25, 0.3) is 0 Å². The average Bonchev–Trinajstić information content (AvgIpc) is 3.57. The van der Waals surface area contributed by atoms with Crippen molar-refractivity contribution < 1.29 is 19.0 Å².